The fraction of sp³-hybridized carbons (Fsp3) is 0.571. The lowest BCUT2D eigenvalue weighted by atomic mass is 9.91. The smallest absolute Gasteiger partial charge is 0.168 e. The Kier molecular flexibility index (Phi) is 13.5. The van der Waals surface area contributed by atoms with Gasteiger partial charge >= 0.3 is 0 Å². The summed E-state index contributed by atoms with van der Waals surface area (Å²) in [6.07, 6.45) is 11.5. The summed E-state index contributed by atoms with van der Waals surface area (Å²) in [7, 11) is 0. The zero-order valence-electron chi connectivity index (χ0n) is 31.6. The van der Waals surface area contributed by atoms with Gasteiger partial charge in [-0.05, 0) is 75.6 Å². The number of aliphatic hydroxyl groups is 1. The third-order valence-electron chi connectivity index (χ3n) is 11.6. The van der Waals surface area contributed by atoms with Crippen molar-refractivity contribution in [2.75, 3.05) is 26.4 Å². The molecule has 0 unspecified atom stereocenters. The molecule has 4 aromatic rings. The van der Waals surface area contributed by atoms with Crippen molar-refractivity contribution in [1.82, 2.24) is 10.3 Å². The molecule has 4 saturated carbocycles. The number of halogens is 5. The molecule has 1 N–H and O–H groups in total. The first-order valence-corrected chi connectivity index (χ1v) is 22.0. The third-order valence-corrected chi connectivity index (χ3v) is 13.1. The van der Waals surface area contributed by atoms with Crippen LogP contribution in [0.15, 0.2) is 45.4 Å². The van der Waals surface area contributed by atoms with Gasteiger partial charge < -0.3 is 37.8 Å². The summed E-state index contributed by atoms with van der Waals surface area (Å²) in [5.41, 5.74) is 4.68. The lowest BCUT2D eigenvalue weighted by Crippen LogP contribution is -2.37. The molecule has 2 saturated heterocycles. The zero-order valence-corrected chi connectivity index (χ0v) is 35.4. The Morgan fingerprint density at radius 1 is 0.596 bits per heavy atom. The predicted molar refractivity (Wildman–Crippen MR) is 218 cm³/mol. The van der Waals surface area contributed by atoms with E-state index in [1.165, 1.54) is 0 Å². The molecule has 308 valence electrons. The zero-order chi connectivity index (χ0) is 39.6. The molecule has 0 atom stereocenters. The molecule has 2 spiro atoms. The molecule has 6 fully saturated rings. The first-order chi connectivity index (χ1) is 27.7. The van der Waals surface area contributed by atoms with Crippen LogP contribution in [0.3, 0.4) is 0 Å². The van der Waals surface area contributed by atoms with E-state index in [-0.39, 0.29) is 23.8 Å². The largest absolute Gasteiger partial charge is 0.393 e. The fourth-order valence-electron chi connectivity index (χ4n) is 8.10. The number of aromatic nitrogens is 2. The van der Waals surface area contributed by atoms with Gasteiger partial charge in [-0.2, -0.15) is 0 Å². The molecule has 2 aromatic heterocycles. The van der Waals surface area contributed by atoms with Crippen LogP contribution < -0.4 is 0 Å². The van der Waals surface area contributed by atoms with Gasteiger partial charge in [-0.15, -0.1) is 11.6 Å². The number of hydrogen-bond donors (Lipinski definition) is 1. The van der Waals surface area contributed by atoms with E-state index < -0.39 is 0 Å². The molecular formula is C42H47Cl5N2O8. The van der Waals surface area contributed by atoms with Crippen molar-refractivity contribution in [3.8, 4) is 22.5 Å². The summed E-state index contributed by atoms with van der Waals surface area (Å²) in [5, 5.41) is 19.9. The summed E-state index contributed by atoms with van der Waals surface area (Å²) in [4.78, 5) is 0. The van der Waals surface area contributed by atoms with Gasteiger partial charge in [0.1, 0.15) is 22.9 Å². The average molecular weight is 885 g/mol. The van der Waals surface area contributed by atoms with Crippen molar-refractivity contribution in [3.05, 3.63) is 79.1 Å². The van der Waals surface area contributed by atoms with Gasteiger partial charge in [0.25, 0.3) is 0 Å². The number of nitrogens with zero attached hydrogens (tertiary/aromatic N) is 2. The Bertz CT molecular complexity index is 1930. The SMILES string of the molecule is ClCc1c(-c2c(Cl)cccc2Cl)noc1C1CC1.Clc1cccc(Cl)c1-c1noc(C2CC2)c1COC1CCC2(CC1)OCCO2.OC1CCC2(CC1)OCCO2. The molecule has 4 heterocycles. The van der Waals surface area contributed by atoms with E-state index in [0.29, 0.717) is 74.6 Å². The Hall–Kier alpha value is -1.93. The van der Waals surface area contributed by atoms with Crippen molar-refractivity contribution in [1.29, 1.82) is 0 Å². The topological polar surface area (TPSA) is 118 Å². The van der Waals surface area contributed by atoms with Crippen LogP contribution in [0.25, 0.3) is 22.5 Å². The van der Waals surface area contributed by atoms with Gasteiger partial charge in [-0.1, -0.05) is 68.8 Å². The van der Waals surface area contributed by atoms with Crippen molar-refractivity contribution in [2.24, 2.45) is 0 Å². The molecule has 10 rings (SSSR count). The van der Waals surface area contributed by atoms with Crippen LogP contribution in [0.5, 0.6) is 0 Å². The monoisotopic (exact) mass is 882 g/mol. The van der Waals surface area contributed by atoms with Crippen molar-refractivity contribution in [2.45, 2.75) is 125 Å². The second-order valence-electron chi connectivity index (χ2n) is 15.6. The van der Waals surface area contributed by atoms with Gasteiger partial charge in [0, 0.05) is 59.8 Å². The highest BCUT2D eigenvalue weighted by atomic mass is 35.5. The summed E-state index contributed by atoms with van der Waals surface area (Å²) in [5.74, 6) is 2.37. The summed E-state index contributed by atoms with van der Waals surface area (Å²) < 4.78 is 40.0. The van der Waals surface area contributed by atoms with Gasteiger partial charge in [-0.25, -0.2) is 0 Å². The standard InChI is InChI=1S/C21H23Cl2NO4.C13H10Cl3NO.C8H14O3/c22-16-2-1-3-17(23)18(16)19-15(20(28-24-19)13-4-5-13)12-25-14-6-8-21(9-7-14)26-10-11-27-21;14-6-8-12(17-18-13(8)7-4-5-7)11-9(15)2-1-3-10(11)16;9-7-1-3-8(4-2-7)10-5-6-11-8/h1-3,13-14H,4-12H2;1-3,7H,4-6H2;7,9H,1-6H2. The number of aliphatic hydroxyl groups excluding tert-OH is 1. The number of rotatable bonds is 8. The first kappa shape index (κ1) is 41.8. The maximum Gasteiger partial charge on any atom is 0.168 e. The normalized spacial score (nSPS) is 22.7. The Morgan fingerprint density at radius 3 is 1.42 bits per heavy atom. The van der Waals surface area contributed by atoms with E-state index in [1.807, 2.05) is 18.2 Å². The average Bonchev–Trinajstić information content (AvgIpc) is 4.04. The maximum absolute atomic E-state index is 9.24. The van der Waals surface area contributed by atoms with Crippen LogP contribution in [-0.2, 0) is 36.2 Å². The van der Waals surface area contributed by atoms with E-state index in [1.54, 1.807) is 18.2 Å². The minimum absolute atomic E-state index is 0.131. The first-order valence-electron chi connectivity index (χ1n) is 20.0. The number of benzene rings is 2. The molecular weight excluding hydrogens is 838 g/mol. The maximum atomic E-state index is 9.24. The molecule has 15 heteroatoms. The molecule has 6 aliphatic rings. The number of alkyl halides is 1. The summed E-state index contributed by atoms with van der Waals surface area (Å²) in [6.45, 7) is 3.27. The molecule has 4 aliphatic carbocycles. The quantitative estimate of drug-likeness (QED) is 0.171. The number of hydrogen-bond acceptors (Lipinski definition) is 10. The van der Waals surface area contributed by atoms with E-state index in [2.05, 4.69) is 10.3 Å². The van der Waals surface area contributed by atoms with Crippen LogP contribution in [0.1, 0.15) is 112 Å². The van der Waals surface area contributed by atoms with Gasteiger partial charge in [0.15, 0.2) is 11.6 Å². The molecule has 2 aromatic carbocycles. The molecule has 0 amide bonds. The van der Waals surface area contributed by atoms with E-state index >= 15 is 0 Å². The fourth-order valence-corrected chi connectivity index (χ4v) is 9.51. The molecule has 0 bridgehead atoms. The summed E-state index contributed by atoms with van der Waals surface area (Å²) >= 11 is 31.2. The minimum Gasteiger partial charge on any atom is -0.393 e. The van der Waals surface area contributed by atoms with Crippen LogP contribution in [0, 0.1) is 0 Å². The second-order valence-corrected chi connectivity index (χ2v) is 17.5. The minimum atomic E-state index is -0.369. The molecule has 57 heavy (non-hydrogen) atoms. The van der Waals surface area contributed by atoms with E-state index in [9.17, 15) is 5.11 Å². The highest BCUT2D eigenvalue weighted by molar-refractivity contribution is 6.39. The number of ether oxygens (including phenoxy) is 5. The summed E-state index contributed by atoms with van der Waals surface area (Å²) in [6, 6.07) is 10.8. The lowest BCUT2D eigenvalue weighted by Gasteiger charge is -2.35. The Morgan fingerprint density at radius 2 is 1.00 bits per heavy atom. The Labute approximate surface area is 357 Å². The Balaban J connectivity index is 0.000000133. The van der Waals surface area contributed by atoms with Crippen LogP contribution in [-0.4, -0.2) is 65.6 Å². The van der Waals surface area contributed by atoms with Crippen molar-refractivity contribution in [3.63, 3.8) is 0 Å². The van der Waals surface area contributed by atoms with Gasteiger partial charge in [-0.3, -0.25) is 0 Å². The van der Waals surface area contributed by atoms with Crippen molar-refractivity contribution >= 4 is 58.0 Å². The lowest BCUT2D eigenvalue weighted by molar-refractivity contribution is -0.192. The van der Waals surface area contributed by atoms with Crippen LogP contribution in [0.4, 0.5) is 0 Å². The molecule has 10 nitrogen and oxygen atoms in total. The van der Waals surface area contributed by atoms with Gasteiger partial charge in [0.05, 0.1) is 71.2 Å². The van der Waals surface area contributed by atoms with E-state index in [4.69, 9.17) is 90.7 Å². The van der Waals surface area contributed by atoms with Gasteiger partial charge in [0.2, 0.25) is 0 Å². The van der Waals surface area contributed by atoms with Crippen LogP contribution >= 0.6 is 58.0 Å². The van der Waals surface area contributed by atoms with Crippen molar-refractivity contribution < 1.29 is 37.8 Å². The molecule has 0 radical (unpaired) electrons. The third kappa shape index (κ3) is 9.68. The highest BCUT2D eigenvalue weighted by Gasteiger charge is 2.42. The van der Waals surface area contributed by atoms with Crippen LogP contribution in [0.2, 0.25) is 20.1 Å². The second kappa shape index (κ2) is 18.4. The van der Waals surface area contributed by atoms with E-state index in [0.717, 1.165) is 118 Å². The predicted octanol–water partition coefficient (Wildman–Crippen LogP) is 11.7. The highest BCUT2D eigenvalue weighted by Crippen LogP contribution is 2.48. The molecule has 2 aliphatic heterocycles.